The summed E-state index contributed by atoms with van der Waals surface area (Å²) in [5, 5.41) is 3.25. The van der Waals surface area contributed by atoms with E-state index >= 15 is 0 Å². The van der Waals surface area contributed by atoms with Crippen LogP contribution < -0.4 is 10.1 Å². The molecule has 1 aliphatic heterocycles. The Kier molecular flexibility index (Phi) is 6.90. The van der Waals surface area contributed by atoms with Gasteiger partial charge in [-0.25, -0.2) is 0 Å². The number of halogens is 1. The maximum absolute atomic E-state index is 12.4. The molecule has 0 aliphatic carbocycles. The molecule has 0 aromatic heterocycles. The summed E-state index contributed by atoms with van der Waals surface area (Å²) < 4.78 is 5.18. The topological polar surface area (TPSA) is 61.9 Å². The standard InChI is InChI=1S/C21H24ClN3O3/c1-28-19-8-2-16(3-9-19)15-24-10-12-25(13-11-24)20(26)14-23-21(27)17-4-6-18(22)7-5-17/h2-9H,10-15H2,1H3,(H,23,27). The fraction of sp³-hybridized carbons (Fsp3) is 0.333. The van der Waals surface area contributed by atoms with Crippen molar-refractivity contribution in [2.75, 3.05) is 39.8 Å². The predicted octanol–water partition coefficient (Wildman–Crippen LogP) is 2.42. The van der Waals surface area contributed by atoms with Gasteiger partial charge in [0.05, 0.1) is 13.7 Å². The minimum Gasteiger partial charge on any atom is -0.497 e. The molecule has 28 heavy (non-hydrogen) atoms. The van der Waals surface area contributed by atoms with Crippen LogP contribution in [-0.4, -0.2) is 61.4 Å². The minimum atomic E-state index is -0.275. The largest absolute Gasteiger partial charge is 0.497 e. The first kappa shape index (κ1) is 20.2. The lowest BCUT2D eigenvalue weighted by molar-refractivity contribution is -0.131. The Morgan fingerprint density at radius 3 is 2.25 bits per heavy atom. The Balaban J connectivity index is 1.41. The normalized spacial score (nSPS) is 14.6. The number of carbonyl (C=O) groups is 2. The number of nitrogens with one attached hydrogen (secondary N) is 1. The van der Waals surface area contributed by atoms with Gasteiger partial charge < -0.3 is 15.0 Å². The van der Waals surface area contributed by atoms with Gasteiger partial charge in [-0.15, -0.1) is 0 Å². The molecule has 0 saturated carbocycles. The van der Waals surface area contributed by atoms with Crippen LogP contribution in [0.25, 0.3) is 0 Å². The lowest BCUT2D eigenvalue weighted by atomic mass is 10.2. The SMILES string of the molecule is COc1ccc(CN2CCN(C(=O)CNC(=O)c3ccc(Cl)cc3)CC2)cc1. The summed E-state index contributed by atoms with van der Waals surface area (Å²) in [5.74, 6) is 0.509. The number of piperazine rings is 1. The second kappa shape index (κ2) is 9.57. The Labute approximate surface area is 170 Å². The molecule has 1 saturated heterocycles. The number of methoxy groups -OCH3 is 1. The molecule has 0 spiro atoms. The molecular formula is C21H24ClN3O3. The van der Waals surface area contributed by atoms with Crippen LogP contribution in [0.4, 0.5) is 0 Å². The Morgan fingerprint density at radius 1 is 1.00 bits per heavy atom. The van der Waals surface area contributed by atoms with Crippen LogP contribution in [-0.2, 0) is 11.3 Å². The van der Waals surface area contributed by atoms with E-state index in [1.807, 2.05) is 12.1 Å². The van der Waals surface area contributed by atoms with Gasteiger partial charge in [-0.05, 0) is 42.0 Å². The summed E-state index contributed by atoms with van der Waals surface area (Å²) in [7, 11) is 1.66. The van der Waals surface area contributed by atoms with E-state index in [0.29, 0.717) is 23.7 Å². The molecule has 0 bridgehead atoms. The fourth-order valence-electron chi connectivity index (χ4n) is 3.12. The number of rotatable bonds is 6. The van der Waals surface area contributed by atoms with Gasteiger partial charge in [0.25, 0.3) is 5.91 Å². The highest BCUT2D eigenvalue weighted by atomic mass is 35.5. The van der Waals surface area contributed by atoms with E-state index in [4.69, 9.17) is 16.3 Å². The van der Waals surface area contributed by atoms with Crippen LogP contribution >= 0.6 is 11.6 Å². The highest BCUT2D eigenvalue weighted by Gasteiger charge is 2.21. The summed E-state index contributed by atoms with van der Waals surface area (Å²) in [6.07, 6.45) is 0. The maximum Gasteiger partial charge on any atom is 0.251 e. The van der Waals surface area contributed by atoms with Crippen molar-refractivity contribution in [3.8, 4) is 5.75 Å². The lowest BCUT2D eigenvalue weighted by Gasteiger charge is -2.34. The molecule has 0 unspecified atom stereocenters. The lowest BCUT2D eigenvalue weighted by Crippen LogP contribution is -2.50. The number of hydrogen-bond donors (Lipinski definition) is 1. The molecule has 1 heterocycles. The fourth-order valence-corrected chi connectivity index (χ4v) is 3.24. The van der Waals surface area contributed by atoms with Crippen molar-refractivity contribution in [3.05, 3.63) is 64.7 Å². The van der Waals surface area contributed by atoms with E-state index in [-0.39, 0.29) is 18.4 Å². The molecule has 6 nitrogen and oxygen atoms in total. The molecule has 2 aromatic rings. The monoisotopic (exact) mass is 401 g/mol. The molecule has 7 heteroatoms. The third-order valence-corrected chi connectivity index (χ3v) is 5.05. The molecular weight excluding hydrogens is 378 g/mol. The van der Waals surface area contributed by atoms with Crippen LogP contribution in [0.1, 0.15) is 15.9 Å². The first-order valence-corrected chi connectivity index (χ1v) is 9.60. The van der Waals surface area contributed by atoms with Crippen molar-refractivity contribution in [3.63, 3.8) is 0 Å². The molecule has 1 N–H and O–H groups in total. The van der Waals surface area contributed by atoms with Gasteiger partial charge in [0.2, 0.25) is 5.91 Å². The number of amides is 2. The Morgan fingerprint density at radius 2 is 1.64 bits per heavy atom. The van der Waals surface area contributed by atoms with Crippen molar-refractivity contribution in [2.45, 2.75) is 6.54 Å². The summed E-state index contributed by atoms with van der Waals surface area (Å²) >= 11 is 5.82. The second-order valence-corrected chi connectivity index (χ2v) is 7.13. The van der Waals surface area contributed by atoms with Crippen molar-refractivity contribution >= 4 is 23.4 Å². The minimum absolute atomic E-state index is 0.0000599. The highest BCUT2D eigenvalue weighted by molar-refractivity contribution is 6.30. The average molecular weight is 402 g/mol. The van der Waals surface area contributed by atoms with Gasteiger partial charge in [0.1, 0.15) is 5.75 Å². The Hall–Kier alpha value is -2.57. The Bertz CT molecular complexity index is 801. The van der Waals surface area contributed by atoms with Gasteiger partial charge in [-0.2, -0.15) is 0 Å². The highest BCUT2D eigenvalue weighted by Crippen LogP contribution is 2.14. The van der Waals surface area contributed by atoms with Crippen LogP contribution in [0.3, 0.4) is 0 Å². The molecule has 0 radical (unpaired) electrons. The molecule has 1 aliphatic rings. The zero-order chi connectivity index (χ0) is 19.9. The van der Waals surface area contributed by atoms with Crippen LogP contribution in [0.2, 0.25) is 5.02 Å². The van der Waals surface area contributed by atoms with Crippen molar-refractivity contribution in [1.29, 1.82) is 0 Å². The summed E-state index contributed by atoms with van der Waals surface area (Å²) in [4.78, 5) is 28.6. The first-order valence-electron chi connectivity index (χ1n) is 9.22. The quantitative estimate of drug-likeness (QED) is 0.807. The number of hydrogen-bond acceptors (Lipinski definition) is 4. The molecule has 2 aromatic carbocycles. The predicted molar refractivity (Wildman–Crippen MR) is 109 cm³/mol. The van der Waals surface area contributed by atoms with Gasteiger partial charge in [0.15, 0.2) is 0 Å². The van der Waals surface area contributed by atoms with E-state index in [9.17, 15) is 9.59 Å². The average Bonchev–Trinajstić information content (AvgIpc) is 2.73. The number of carbonyl (C=O) groups excluding carboxylic acids is 2. The van der Waals surface area contributed by atoms with Crippen molar-refractivity contribution in [1.82, 2.24) is 15.1 Å². The number of nitrogens with zero attached hydrogens (tertiary/aromatic N) is 2. The summed E-state index contributed by atoms with van der Waals surface area (Å²) in [6.45, 7) is 3.78. The summed E-state index contributed by atoms with van der Waals surface area (Å²) in [6, 6.07) is 14.6. The van der Waals surface area contributed by atoms with Crippen molar-refractivity contribution < 1.29 is 14.3 Å². The van der Waals surface area contributed by atoms with E-state index in [1.165, 1.54) is 5.56 Å². The number of benzene rings is 2. The molecule has 148 valence electrons. The molecule has 1 fully saturated rings. The number of ether oxygens (including phenoxy) is 1. The van der Waals surface area contributed by atoms with E-state index in [0.717, 1.165) is 25.4 Å². The molecule has 0 atom stereocenters. The van der Waals surface area contributed by atoms with Crippen molar-refractivity contribution in [2.24, 2.45) is 0 Å². The van der Waals surface area contributed by atoms with Gasteiger partial charge in [0, 0.05) is 43.3 Å². The van der Waals surface area contributed by atoms with Crippen LogP contribution in [0.15, 0.2) is 48.5 Å². The zero-order valence-corrected chi connectivity index (χ0v) is 16.6. The smallest absolute Gasteiger partial charge is 0.251 e. The molecule has 3 rings (SSSR count). The third kappa shape index (κ3) is 5.47. The van der Waals surface area contributed by atoms with Crippen LogP contribution in [0, 0.1) is 0 Å². The van der Waals surface area contributed by atoms with Gasteiger partial charge in [-0.1, -0.05) is 23.7 Å². The van der Waals surface area contributed by atoms with Gasteiger partial charge >= 0.3 is 0 Å². The van der Waals surface area contributed by atoms with E-state index < -0.39 is 0 Å². The van der Waals surface area contributed by atoms with Gasteiger partial charge in [-0.3, -0.25) is 14.5 Å². The maximum atomic E-state index is 12.4. The second-order valence-electron chi connectivity index (χ2n) is 6.69. The zero-order valence-electron chi connectivity index (χ0n) is 15.9. The third-order valence-electron chi connectivity index (χ3n) is 4.80. The van der Waals surface area contributed by atoms with E-state index in [2.05, 4.69) is 22.3 Å². The first-order chi connectivity index (χ1) is 13.5. The van der Waals surface area contributed by atoms with Crippen LogP contribution in [0.5, 0.6) is 5.75 Å². The molecule has 2 amide bonds. The van der Waals surface area contributed by atoms with E-state index in [1.54, 1.807) is 36.3 Å². The summed E-state index contributed by atoms with van der Waals surface area (Å²) in [5.41, 5.74) is 1.71.